The minimum atomic E-state index is -4.13. The molecule has 0 amide bonds. The first-order valence-electron chi connectivity index (χ1n) is 8.06. The molecule has 1 aromatic carbocycles. The zero-order chi connectivity index (χ0) is 20.0. The highest BCUT2D eigenvalue weighted by molar-refractivity contribution is 9.11. The molecular formula is C14H18Br2N2O6S3. The largest absolute Gasteiger partial charge is 0.257 e. The Morgan fingerprint density at radius 2 is 1.63 bits per heavy atom. The zero-order valence-corrected chi connectivity index (χ0v) is 19.6. The van der Waals surface area contributed by atoms with Crippen LogP contribution < -0.4 is 5.43 Å². The van der Waals surface area contributed by atoms with Gasteiger partial charge in [-0.05, 0) is 47.0 Å². The van der Waals surface area contributed by atoms with E-state index in [-0.39, 0.29) is 40.7 Å². The Morgan fingerprint density at radius 3 is 2.19 bits per heavy atom. The predicted molar refractivity (Wildman–Crippen MR) is 108 cm³/mol. The van der Waals surface area contributed by atoms with E-state index in [1.807, 2.05) is 0 Å². The Labute approximate surface area is 175 Å². The minimum absolute atomic E-state index is 0.0257. The van der Waals surface area contributed by atoms with Gasteiger partial charge in [0.25, 0.3) is 10.0 Å². The van der Waals surface area contributed by atoms with Gasteiger partial charge in [0.05, 0.1) is 33.9 Å². The summed E-state index contributed by atoms with van der Waals surface area (Å²) in [5.74, 6) is -0.613. The standard InChI is InChI=1S/C14H18Br2N2O6S3/c15-10-1-2-13(16)14(7-10)27(23,24)18(12-4-6-26(21,22)9-12)17-11-3-5-25(19,20)8-11/h1-2,7,11-12,17H,3-6,8-9H2/t11-,12+/m1/s1. The number of hydrogen-bond acceptors (Lipinski definition) is 7. The van der Waals surface area contributed by atoms with E-state index in [0.717, 1.165) is 4.41 Å². The van der Waals surface area contributed by atoms with Gasteiger partial charge in [-0.2, -0.15) is 0 Å². The van der Waals surface area contributed by atoms with Gasteiger partial charge in [-0.3, -0.25) is 0 Å². The number of hydrazine groups is 1. The first kappa shape index (κ1) is 21.7. The third-order valence-corrected chi connectivity index (χ3v) is 11.3. The van der Waals surface area contributed by atoms with E-state index in [1.165, 1.54) is 6.07 Å². The summed E-state index contributed by atoms with van der Waals surface area (Å²) in [7, 11) is -10.7. The molecule has 2 aliphatic heterocycles. The number of halogens is 2. The summed E-state index contributed by atoms with van der Waals surface area (Å²) in [6.45, 7) is 0. The molecule has 8 nitrogen and oxygen atoms in total. The maximum atomic E-state index is 13.3. The minimum Gasteiger partial charge on any atom is -0.237 e. The molecule has 0 unspecified atom stereocenters. The van der Waals surface area contributed by atoms with Crippen molar-refractivity contribution in [1.82, 2.24) is 9.84 Å². The van der Waals surface area contributed by atoms with Gasteiger partial charge >= 0.3 is 0 Å². The van der Waals surface area contributed by atoms with Crippen LogP contribution in [0.1, 0.15) is 12.8 Å². The van der Waals surface area contributed by atoms with E-state index in [0.29, 0.717) is 8.95 Å². The van der Waals surface area contributed by atoms with Crippen molar-refractivity contribution in [2.45, 2.75) is 29.8 Å². The van der Waals surface area contributed by atoms with Gasteiger partial charge in [0.15, 0.2) is 19.7 Å². The highest BCUT2D eigenvalue weighted by Crippen LogP contribution is 2.31. The Kier molecular flexibility index (Phi) is 6.14. The molecule has 0 bridgehead atoms. The van der Waals surface area contributed by atoms with Gasteiger partial charge in [0.2, 0.25) is 0 Å². The normalized spacial score (nSPS) is 27.2. The van der Waals surface area contributed by atoms with E-state index >= 15 is 0 Å². The molecule has 0 spiro atoms. The predicted octanol–water partition coefficient (Wildman–Crippen LogP) is 1.08. The summed E-state index contributed by atoms with van der Waals surface area (Å²) in [5.41, 5.74) is 2.80. The number of sulfonamides is 1. The fourth-order valence-corrected chi connectivity index (χ4v) is 9.68. The van der Waals surface area contributed by atoms with Crippen LogP contribution in [-0.2, 0) is 29.7 Å². The molecule has 152 valence electrons. The molecule has 2 fully saturated rings. The number of hydrogen-bond donors (Lipinski definition) is 1. The fourth-order valence-electron chi connectivity index (χ4n) is 3.19. The molecule has 0 aromatic heterocycles. The molecule has 2 heterocycles. The van der Waals surface area contributed by atoms with E-state index in [1.54, 1.807) is 12.1 Å². The van der Waals surface area contributed by atoms with Crippen LogP contribution >= 0.6 is 31.9 Å². The van der Waals surface area contributed by atoms with Crippen molar-refractivity contribution >= 4 is 61.6 Å². The topological polar surface area (TPSA) is 118 Å². The average molecular weight is 566 g/mol. The Bertz CT molecular complexity index is 1060. The maximum absolute atomic E-state index is 13.3. The molecule has 0 aliphatic carbocycles. The quantitative estimate of drug-likeness (QED) is 0.531. The van der Waals surface area contributed by atoms with Gasteiger partial charge in [-0.15, -0.1) is 4.41 Å². The van der Waals surface area contributed by atoms with Crippen molar-refractivity contribution in [3.05, 3.63) is 27.1 Å². The Hall–Kier alpha value is -0.0500. The molecule has 2 saturated heterocycles. The monoisotopic (exact) mass is 564 g/mol. The van der Waals surface area contributed by atoms with Crippen LogP contribution in [0.5, 0.6) is 0 Å². The van der Waals surface area contributed by atoms with Crippen LogP contribution in [0.2, 0.25) is 0 Å². The maximum Gasteiger partial charge on any atom is 0.257 e. The summed E-state index contributed by atoms with van der Waals surface area (Å²) in [5, 5.41) is 0. The van der Waals surface area contributed by atoms with E-state index < -0.39 is 41.8 Å². The van der Waals surface area contributed by atoms with Crippen molar-refractivity contribution in [2.75, 3.05) is 23.0 Å². The van der Waals surface area contributed by atoms with E-state index in [9.17, 15) is 25.3 Å². The van der Waals surface area contributed by atoms with Gasteiger partial charge in [0, 0.05) is 15.0 Å². The van der Waals surface area contributed by atoms with Crippen LogP contribution in [0.3, 0.4) is 0 Å². The summed E-state index contributed by atoms with van der Waals surface area (Å²) in [6, 6.07) is 3.28. The Morgan fingerprint density at radius 1 is 1.00 bits per heavy atom. The molecule has 1 N–H and O–H groups in total. The number of rotatable bonds is 5. The number of nitrogens with one attached hydrogen (secondary N) is 1. The fraction of sp³-hybridized carbons (Fsp3) is 0.571. The van der Waals surface area contributed by atoms with E-state index in [2.05, 4.69) is 37.3 Å². The summed E-state index contributed by atoms with van der Waals surface area (Å²) in [6.07, 6.45) is 0.424. The molecule has 0 radical (unpaired) electrons. The highest BCUT2D eigenvalue weighted by atomic mass is 79.9. The highest BCUT2D eigenvalue weighted by Gasteiger charge is 2.42. The molecule has 2 atom stereocenters. The van der Waals surface area contributed by atoms with Crippen molar-refractivity contribution in [2.24, 2.45) is 0 Å². The number of sulfone groups is 2. The van der Waals surface area contributed by atoms with Gasteiger partial charge < -0.3 is 0 Å². The second-order valence-electron chi connectivity index (χ2n) is 6.66. The Balaban J connectivity index is 1.99. The van der Waals surface area contributed by atoms with Crippen LogP contribution in [0, 0.1) is 0 Å². The van der Waals surface area contributed by atoms with Crippen LogP contribution in [0.4, 0.5) is 0 Å². The molecular weight excluding hydrogens is 548 g/mol. The van der Waals surface area contributed by atoms with Crippen molar-refractivity contribution in [3.8, 4) is 0 Å². The third-order valence-electron chi connectivity index (χ3n) is 4.51. The summed E-state index contributed by atoms with van der Waals surface area (Å²) < 4.78 is 75.8. The molecule has 13 heteroatoms. The number of nitrogens with zero attached hydrogens (tertiary/aromatic N) is 1. The second kappa shape index (κ2) is 7.65. The molecule has 27 heavy (non-hydrogen) atoms. The number of benzene rings is 1. The van der Waals surface area contributed by atoms with Crippen LogP contribution in [0.15, 0.2) is 32.0 Å². The summed E-state index contributed by atoms with van der Waals surface area (Å²) >= 11 is 6.47. The van der Waals surface area contributed by atoms with Crippen molar-refractivity contribution in [1.29, 1.82) is 0 Å². The molecule has 1 aromatic rings. The zero-order valence-electron chi connectivity index (χ0n) is 14.0. The van der Waals surface area contributed by atoms with E-state index in [4.69, 9.17) is 0 Å². The summed E-state index contributed by atoms with van der Waals surface area (Å²) in [4.78, 5) is -0.0328. The van der Waals surface area contributed by atoms with Crippen molar-refractivity contribution < 1.29 is 25.3 Å². The lowest BCUT2D eigenvalue weighted by atomic mass is 10.2. The first-order valence-corrected chi connectivity index (χ1v) is 14.7. The first-order chi connectivity index (χ1) is 12.4. The average Bonchev–Trinajstić information content (AvgIpc) is 3.08. The lowest BCUT2D eigenvalue weighted by molar-refractivity contribution is 0.229. The third kappa shape index (κ3) is 4.93. The smallest absolute Gasteiger partial charge is 0.237 e. The SMILES string of the molecule is O=S1(=O)CC[C@@H](NN([C@H]2CCS(=O)(=O)C2)S(=O)(=O)c2cc(Br)ccc2Br)C1. The molecule has 2 aliphatic rings. The van der Waals surface area contributed by atoms with Gasteiger partial charge in [0.1, 0.15) is 0 Å². The molecule has 3 rings (SSSR count). The van der Waals surface area contributed by atoms with Crippen LogP contribution in [0.25, 0.3) is 0 Å². The second-order valence-corrected chi connectivity index (χ2v) is 14.7. The lowest BCUT2D eigenvalue weighted by Gasteiger charge is -2.30. The van der Waals surface area contributed by atoms with Crippen LogP contribution in [-0.4, -0.2) is 64.8 Å². The molecule has 0 saturated carbocycles. The lowest BCUT2D eigenvalue weighted by Crippen LogP contribution is -2.54. The van der Waals surface area contributed by atoms with Crippen molar-refractivity contribution in [3.63, 3.8) is 0 Å². The van der Waals surface area contributed by atoms with Gasteiger partial charge in [-0.25, -0.2) is 30.7 Å². The van der Waals surface area contributed by atoms with Gasteiger partial charge in [-0.1, -0.05) is 15.9 Å².